The van der Waals surface area contributed by atoms with Crippen LogP contribution in [0, 0.1) is 6.92 Å². The summed E-state index contributed by atoms with van der Waals surface area (Å²) in [7, 11) is -3.35. The van der Waals surface area contributed by atoms with Crippen LogP contribution < -0.4 is 9.46 Å². The van der Waals surface area contributed by atoms with Gasteiger partial charge in [0.1, 0.15) is 12.4 Å². The molecule has 2 aromatic carbocycles. The quantitative estimate of drug-likeness (QED) is 0.707. The summed E-state index contributed by atoms with van der Waals surface area (Å²) in [5, 5.41) is 0. The molecule has 0 aliphatic carbocycles. The minimum atomic E-state index is -3.35. The Morgan fingerprint density at radius 3 is 2.21 bits per heavy atom. The van der Waals surface area contributed by atoms with Crippen LogP contribution in [0.1, 0.15) is 30.0 Å². The van der Waals surface area contributed by atoms with Crippen molar-refractivity contribution in [1.29, 1.82) is 0 Å². The van der Waals surface area contributed by atoms with E-state index in [2.05, 4.69) is 11.6 Å². The summed E-state index contributed by atoms with van der Waals surface area (Å²) < 4.78 is 32.2. The Morgan fingerprint density at radius 1 is 0.958 bits per heavy atom. The molecule has 24 heavy (non-hydrogen) atoms. The van der Waals surface area contributed by atoms with Crippen molar-refractivity contribution in [3.05, 3.63) is 65.2 Å². The van der Waals surface area contributed by atoms with E-state index >= 15 is 0 Å². The van der Waals surface area contributed by atoms with Crippen molar-refractivity contribution < 1.29 is 13.2 Å². The lowest BCUT2D eigenvalue weighted by molar-refractivity contribution is 0.322. The minimum absolute atomic E-state index is 0.0149. The van der Waals surface area contributed by atoms with Gasteiger partial charge in [0.05, 0.1) is 5.75 Å². The Hall–Kier alpha value is -1.85. The lowest BCUT2D eigenvalue weighted by atomic mass is 10.1. The van der Waals surface area contributed by atoms with Crippen LogP contribution in [0.3, 0.4) is 0 Å². The van der Waals surface area contributed by atoms with Crippen LogP contribution in [0.25, 0.3) is 0 Å². The van der Waals surface area contributed by atoms with Gasteiger partial charge in [-0.15, -0.1) is 0 Å². The molecule has 1 N–H and O–H groups in total. The van der Waals surface area contributed by atoms with E-state index in [1.54, 1.807) is 0 Å². The number of sulfonamides is 1. The maximum atomic E-state index is 12.0. The van der Waals surface area contributed by atoms with Crippen molar-refractivity contribution in [2.45, 2.75) is 32.4 Å². The van der Waals surface area contributed by atoms with Crippen molar-refractivity contribution >= 4 is 10.0 Å². The predicted octanol–water partition coefficient (Wildman–Crippen LogP) is 3.45. The highest BCUT2D eigenvalue weighted by atomic mass is 32.2. The maximum Gasteiger partial charge on any atom is 0.215 e. The number of hydrogen-bond donors (Lipinski definition) is 1. The molecule has 0 saturated heterocycles. The van der Waals surface area contributed by atoms with Gasteiger partial charge in [0, 0.05) is 6.54 Å². The molecule has 0 radical (unpaired) electrons. The van der Waals surface area contributed by atoms with E-state index in [1.165, 1.54) is 5.56 Å². The van der Waals surface area contributed by atoms with E-state index < -0.39 is 10.0 Å². The van der Waals surface area contributed by atoms with Gasteiger partial charge in [0.2, 0.25) is 10.0 Å². The Balaban J connectivity index is 1.75. The van der Waals surface area contributed by atoms with Crippen LogP contribution in [0.5, 0.6) is 5.75 Å². The highest BCUT2D eigenvalue weighted by molar-refractivity contribution is 7.88. The number of rotatable bonds is 9. The summed E-state index contributed by atoms with van der Waals surface area (Å²) in [6.07, 6.45) is 2.17. The third-order valence-corrected chi connectivity index (χ3v) is 4.99. The van der Waals surface area contributed by atoms with Gasteiger partial charge in [-0.3, -0.25) is 0 Å². The summed E-state index contributed by atoms with van der Waals surface area (Å²) in [4.78, 5) is 0. The fourth-order valence-corrected chi connectivity index (χ4v) is 3.49. The number of benzene rings is 2. The number of nitrogens with one attached hydrogen (secondary N) is 1. The molecular formula is C19H25NO3S. The zero-order chi connectivity index (χ0) is 17.4. The smallest absolute Gasteiger partial charge is 0.215 e. The first kappa shape index (κ1) is 18.5. The van der Waals surface area contributed by atoms with E-state index in [0.717, 1.165) is 29.7 Å². The Kier molecular flexibility index (Phi) is 6.82. The van der Waals surface area contributed by atoms with E-state index in [1.807, 2.05) is 55.5 Å². The highest BCUT2D eigenvalue weighted by Gasteiger charge is 2.10. The fraction of sp³-hybridized carbons (Fsp3) is 0.368. The van der Waals surface area contributed by atoms with Crippen molar-refractivity contribution in [2.24, 2.45) is 0 Å². The van der Waals surface area contributed by atoms with Crippen LogP contribution in [-0.4, -0.2) is 21.6 Å². The van der Waals surface area contributed by atoms with Crippen molar-refractivity contribution in [2.75, 3.05) is 13.2 Å². The molecule has 4 nitrogen and oxygen atoms in total. The first-order valence-electron chi connectivity index (χ1n) is 8.23. The van der Waals surface area contributed by atoms with E-state index in [0.29, 0.717) is 6.61 Å². The fourth-order valence-electron chi connectivity index (χ4n) is 2.36. The molecule has 0 aliphatic rings. The second-order valence-corrected chi connectivity index (χ2v) is 7.69. The lowest BCUT2D eigenvalue weighted by Crippen LogP contribution is -2.29. The molecule has 0 amide bonds. The first-order valence-corrected chi connectivity index (χ1v) is 9.88. The molecule has 0 aromatic heterocycles. The zero-order valence-electron chi connectivity index (χ0n) is 14.3. The van der Waals surface area contributed by atoms with Gasteiger partial charge in [0.25, 0.3) is 0 Å². The SMILES string of the molecule is CCCc1ccc(OCCNS(=O)(=O)Cc2ccc(C)cc2)cc1. The number of ether oxygens (including phenoxy) is 1. The lowest BCUT2D eigenvalue weighted by Gasteiger charge is -2.09. The number of aryl methyl sites for hydroxylation is 2. The van der Waals surface area contributed by atoms with Crippen LogP contribution in [0.2, 0.25) is 0 Å². The monoisotopic (exact) mass is 347 g/mol. The Morgan fingerprint density at radius 2 is 1.58 bits per heavy atom. The van der Waals surface area contributed by atoms with Gasteiger partial charge < -0.3 is 4.74 Å². The van der Waals surface area contributed by atoms with Gasteiger partial charge in [-0.1, -0.05) is 55.3 Å². The summed E-state index contributed by atoms with van der Waals surface area (Å²) in [5.41, 5.74) is 3.17. The molecule has 0 unspecified atom stereocenters. The van der Waals surface area contributed by atoms with Gasteiger partial charge in [0.15, 0.2) is 0 Å². The Bertz CT molecular complexity index is 722. The van der Waals surface area contributed by atoms with E-state index in [-0.39, 0.29) is 12.3 Å². The van der Waals surface area contributed by atoms with Gasteiger partial charge in [-0.2, -0.15) is 0 Å². The molecule has 0 aliphatic heterocycles. The molecular weight excluding hydrogens is 322 g/mol. The summed E-state index contributed by atoms with van der Waals surface area (Å²) in [6.45, 7) is 4.68. The zero-order valence-corrected chi connectivity index (χ0v) is 15.1. The second-order valence-electron chi connectivity index (χ2n) is 5.88. The number of hydrogen-bond acceptors (Lipinski definition) is 3. The summed E-state index contributed by atoms with van der Waals surface area (Å²) in [6, 6.07) is 15.4. The highest BCUT2D eigenvalue weighted by Crippen LogP contribution is 2.13. The molecule has 0 fully saturated rings. The van der Waals surface area contributed by atoms with Crippen LogP contribution in [0.4, 0.5) is 0 Å². The molecule has 5 heteroatoms. The average Bonchev–Trinajstić information content (AvgIpc) is 2.55. The van der Waals surface area contributed by atoms with Crippen LogP contribution >= 0.6 is 0 Å². The molecule has 0 saturated carbocycles. The maximum absolute atomic E-state index is 12.0. The average molecular weight is 347 g/mol. The molecule has 0 heterocycles. The molecule has 0 bridgehead atoms. The Labute approximate surface area is 144 Å². The summed E-state index contributed by atoms with van der Waals surface area (Å²) >= 11 is 0. The second kappa shape index (κ2) is 8.85. The third kappa shape index (κ3) is 6.34. The van der Waals surface area contributed by atoms with Crippen LogP contribution in [-0.2, 0) is 22.2 Å². The normalized spacial score (nSPS) is 11.4. The van der Waals surface area contributed by atoms with Gasteiger partial charge in [-0.05, 0) is 36.6 Å². The van der Waals surface area contributed by atoms with Gasteiger partial charge in [-0.25, -0.2) is 13.1 Å². The molecule has 0 spiro atoms. The standard InChI is InChI=1S/C19H25NO3S/c1-3-4-17-9-11-19(12-10-17)23-14-13-20-24(21,22)15-18-7-5-16(2)6-8-18/h5-12,20H,3-4,13-15H2,1-2H3. The van der Waals surface area contributed by atoms with E-state index in [4.69, 9.17) is 4.74 Å². The first-order chi connectivity index (χ1) is 11.5. The molecule has 0 atom stereocenters. The van der Waals surface area contributed by atoms with Crippen molar-refractivity contribution in [3.8, 4) is 5.75 Å². The summed E-state index contributed by atoms with van der Waals surface area (Å²) in [5.74, 6) is 0.742. The minimum Gasteiger partial charge on any atom is -0.492 e. The topological polar surface area (TPSA) is 55.4 Å². The molecule has 130 valence electrons. The van der Waals surface area contributed by atoms with Crippen LogP contribution in [0.15, 0.2) is 48.5 Å². The van der Waals surface area contributed by atoms with Gasteiger partial charge >= 0.3 is 0 Å². The third-order valence-electron chi connectivity index (χ3n) is 3.63. The molecule has 2 rings (SSSR count). The van der Waals surface area contributed by atoms with E-state index in [9.17, 15) is 8.42 Å². The predicted molar refractivity (Wildman–Crippen MR) is 97.7 cm³/mol. The largest absolute Gasteiger partial charge is 0.492 e. The molecule has 2 aromatic rings. The van der Waals surface area contributed by atoms with Crippen molar-refractivity contribution in [3.63, 3.8) is 0 Å². The van der Waals surface area contributed by atoms with Crippen molar-refractivity contribution in [1.82, 2.24) is 4.72 Å².